The van der Waals surface area contributed by atoms with Gasteiger partial charge in [0.15, 0.2) is 0 Å². The second-order valence-electron chi connectivity index (χ2n) is 5.40. The number of carbonyl (C=O) groups is 1. The van der Waals surface area contributed by atoms with Crippen LogP contribution in [0.1, 0.15) is 9.67 Å². The maximum Gasteiger partial charge on any atom is 0.267 e. The number of rotatable bonds is 2. The standard InChI is InChI=1S/C18H13ClN2OS/c1-21-9-8-11-6-7-12(10-14(11)21)20-18(22)17-16(19)13-4-2-3-5-15(13)23-17/h2-10H,1H3,(H,20,22). The zero-order chi connectivity index (χ0) is 16.0. The minimum atomic E-state index is -0.176. The van der Waals surface area contributed by atoms with E-state index in [0.29, 0.717) is 9.90 Å². The molecule has 4 aromatic rings. The Morgan fingerprint density at radius 3 is 2.83 bits per heavy atom. The van der Waals surface area contributed by atoms with E-state index in [-0.39, 0.29) is 5.91 Å². The van der Waals surface area contributed by atoms with Crippen molar-refractivity contribution in [3.05, 3.63) is 64.6 Å². The first-order chi connectivity index (χ1) is 11.1. The summed E-state index contributed by atoms with van der Waals surface area (Å²) in [4.78, 5) is 13.1. The van der Waals surface area contributed by atoms with Crippen LogP contribution in [-0.4, -0.2) is 10.5 Å². The van der Waals surface area contributed by atoms with Crippen LogP contribution < -0.4 is 5.32 Å². The van der Waals surface area contributed by atoms with Gasteiger partial charge < -0.3 is 9.88 Å². The molecule has 2 aromatic heterocycles. The van der Waals surface area contributed by atoms with Crippen molar-refractivity contribution in [3.8, 4) is 0 Å². The lowest BCUT2D eigenvalue weighted by molar-refractivity contribution is 0.103. The van der Waals surface area contributed by atoms with Crippen molar-refractivity contribution in [2.24, 2.45) is 7.05 Å². The lowest BCUT2D eigenvalue weighted by atomic mass is 10.2. The number of anilines is 1. The highest BCUT2D eigenvalue weighted by Crippen LogP contribution is 2.35. The van der Waals surface area contributed by atoms with Gasteiger partial charge in [0.2, 0.25) is 0 Å². The molecule has 114 valence electrons. The number of nitrogens with one attached hydrogen (secondary N) is 1. The molecule has 0 atom stereocenters. The van der Waals surface area contributed by atoms with Crippen molar-refractivity contribution in [2.45, 2.75) is 0 Å². The quantitative estimate of drug-likeness (QED) is 0.528. The number of carbonyl (C=O) groups excluding carboxylic acids is 1. The van der Waals surface area contributed by atoms with Gasteiger partial charge in [-0.15, -0.1) is 11.3 Å². The zero-order valence-electron chi connectivity index (χ0n) is 12.3. The molecule has 23 heavy (non-hydrogen) atoms. The van der Waals surface area contributed by atoms with Crippen molar-refractivity contribution in [1.29, 1.82) is 0 Å². The number of nitrogens with zero attached hydrogens (tertiary/aromatic N) is 1. The largest absolute Gasteiger partial charge is 0.350 e. The summed E-state index contributed by atoms with van der Waals surface area (Å²) in [6.45, 7) is 0. The molecule has 0 saturated heterocycles. The highest BCUT2D eigenvalue weighted by atomic mass is 35.5. The van der Waals surface area contributed by atoms with Crippen molar-refractivity contribution < 1.29 is 4.79 Å². The van der Waals surface area contributed by atoms with Gasteiger partial charge >= 0.3 is 0 Å². The summed E-state index contributed by atoms with van der Waals surface area (Å²) in [5.41, 5.74) is 1.84. The molecule has 0 radical (unpaired) electrons. The van der Waals surface area contributed by atoms with Crippen molar-refractivity contribution >= 4 is 55.5 Å². The number of amides is 1. The fourth-order valence-corrected chi connectivity index (χ4v) is 4.10. The Hall–Kier alpha value is -2.30. The van der Waals surface area contributed by atoms with Crippen LogP contribution in [0.3, 0.4) is 0 Å². The third-order valence-electron chi connectivity index (χ3n) is 3.89. The van der Waals surface area contributed by atoms with E-state index in [1.165, 1.54) is 11.3 Å². The van der Waals surface area contributed by atoms with Crippen LogP contribution in [-0.2, 0) is 7.05 Å². The molecule has 1 N–H and O–H groups in total. The maximum absolute atomic E-state index is 12.6. The molecule has 4 rings (SSSR count). The summed E-state index contributed by atoms with van der Waals surface area (Å²) in [6.07, 6.45) is 2.00. The molecule has 0 aliphatic rings. The minimum Gasteiger partial charge on any atom is -0.350 e. The predicted octanol–water partition coefficient (Wildman–Crippen LogP) is 5.30. The van der Waals surface area contributed by atoms with Gasteiger partial charge in [0.1, 0.15) is 4.88 Å². The van der Waals surface area contributed by atoms with Crippen molar-refractivity contribution in [1.82, 2.24) is 4.57 Å². The molecule has 0 bridgehead atoms. The van der Waals surface area contributed by atoms with E-state index in [0.717, 1.165) is 26.7 Å². The van der Waals surface area contributed by atoms with Gasteiger partial charge in [0.05, 0.1) is 5.02 Å². The Balaban J connectivity index is 1.70. The molecule has 2 aromatic carbocycles. The van der Waals surface area contributed by atoms with Crippen LogP contribution in [0.25, 0.3) is 21.0 Å². The highest BCUT2D eigenvalue weighted by Gasteiger charge is 2.17. The van der Waals surface area contributed by atoms with Gasteiger partial charge in [0, 0.05) is 34.5 Å². The molecule has 1 amide bonds. The molecule has 3 nitrogen and oxygen atoms in total. The van der Waals surface area contributed by atoms with E-state index < -0.39 is 0 Å². The Kier molecular flexibility index (Phi) is 3.36. The van der Waals surface area contributed by atoms with Crippen LogP contribution in [0, 0.1) is 0 Å². The average Bonchev–Trinajstić information content (AvgIpc) is 3.09. The molecule has 5 heteroatoms. The second-order valence-corrected chi connectivity index (χ2v) is 6.83. The van der Waals surface area contributed by atoms with Crippen LogP contribution in [0.2, 0.25) is 5.02 Å². The maximum atomic E-state index is 12.6. The Labute approximate surface area is 142 Å². The third-order valence-corrected chi connectivity index (χ3v) is 5.56. The van der Waals surface area contributed by atoms with Crippen LogP contribution in [0.15, 0.2) is 54.7 Å². The number of fused-ring (bicyclic) bond motifs is 2. The van der Waals surface area contributed by atoms with Gasteiger partial charge in [0.25, 0.3) is 5.91 Å². The van der Waals surface area contributed by atoms with Gasteiger partial charge in [-0.3, -0.25) is 4.79 Å². The Bertz CT molecular complexity index is 1050. The molecule has 0 unspecified atom stereocenters. The number of hydrogen-bond acceptors (Lipinski definition) is 2. The van der Waals surface area contributed by atoms with Crippen LogP contribution >= 0.6 is 22.9 Å². The fraction of sp³-hybridized carbons (Fsp3) is 0.0556. The molecular formula is C18H13ClN2OS. The number of benzene rings is 2. The van der Waals surface area contributed by atoms with E-state index in [2.05, 4.69) is 5.32 Å². The normalized spacial score (nSPS) is 11.2. The average molecular weight is 341 g/mol. The van der Waals surface area contributed by atoms with E-state index in [1.54, 1.807) is 0 Å². The summed E-state index contributed by atoms with van der Waals surface area (Å²) in [5, 5.41) is 5.52. The summed E-state index contributed by atoms with van der Waals surface area (Å²) < 4.78 is 3.04. The van der Waals surface area contributed by atoms with E-state index >= 15 is 0 Å². The van der Waals surface area contributed by atoms with Gasteiger partial charge in [-0.1, -0.05) is 35.9 Å². The molecule has 0 spiro atoms. The summed E-state index contributed by atoms with van der Waals surface area (Å²) in [6, 6.07) is 15.7. The fourth-order valence-electron chi connectivity index (χ4n) is 2.69. The number of halogens is 1. The second kappa shape index (κ2) is 5.41. The zero-order valence-corrected chi connectivity index (χ0v) is 13.9. The SMILES string of the molecule is Cn1ccc2ccc(NC(=O)c3sc4ccccc4c3Cl)cc21. The third kappa shape index (κ3) is 2.40. The van der Waals surface area contributed by atoms with E-state index in [9.17, 15) is 4.79 Å². The monoisotopic (exact) mass is 340 g/mol. The first-order valence-corrected chi connectivity index (χ1v) is 8.36. The Morgan fingerprint density at radius 2 is 2.00 bits per heavy atom. The van der Waals surface area contributed by atoms with Crippen LogP contribution in [0.4, 0.5) is 5.69 Å². The predicted molar refractivity (Wildman–Crippen MR) is 97.7 cm³/mol. The molecule has 2 heterocycles. The van der Waals surface area contributed by atoms with E-state index in [4.69, 9.17) is 11.6 Å². The Morgan fingerprint density at radius 1 is 1.17 bits per heavy atom. The number of hydrogen-bond donors (Lipinski definition) is 1. The number of aromatic nitrogens is 1. The lowest BCUT2D eigenvalue weighted by Crippen LogP contribution is -2.10. The van der Waals surface area contributed by atoms with Crippen molar-refractivity contribution in [2.75, 3.05) is 5.32 Å². The topological polar surface area (TPSA) is 34.0 Å². The minimum absolute atomic E-state index is 0.176. The lowest BCUT2D eigenvalue weighted by Gasteiger charge is -2.05. The van der Waals surface area contributed by atoms with Gasteiger partial charge in [-0.2, -0.15) is 0 Å². The molecule has 0 saturated carbocycles. The molecule has 0 fully saturated rings. The summed E-state index contributed by atoms with van der Waals surface area (Å²) >= 11 is 7.78. The van der Waals surface area contributed by atoms with Gasteiger partial charge in [-0.05, 0) is 29.7 Å². The van der Waals surface area contributed by atoms with E-state index in [1.807, 2.05) is 66.3 Å². The van der Waals surface area contributed by atoms with Gasteiger partial charge in [-0.25, -0.2) is 0 Å². The smallest absolute Gasteiger partial charge is 0.267 e. The first kappa shape index (κ1) is 14.3. The highest BCUT2D eigenvalue weighted by molar-refractivity contribution is 7.21. The summed E-state index contributed by atoms with van der Waals surface area (Å²) in [7, 11) is 1.98. The molecule has 0 aliphatic carbocycles. The molecule has 0 aliphatic heterocycles. The first-order valence-electron chi connectivity index (χ1n) is 7.17. The van der Waals surface area contributed by atoms with Crippen LogP contribution in [0.5, 0.6) is 0 Å². The number of thiophene rings is 1. The number of aryl methyl sites for hydroxylation is 1. The molecular weight excluding hydrogens is 328 g/mol. The van der Waals surface area contributed by atoms with Crippen molar-refractivity contribution in [3.63, 3.8) is 0 Å². The summed E-state index contributed by atoms with van der Waals surface area (Å²) in [5.74, 6) is -0.176.